The molecule has 0 spiro atoms. The lowest BCUT2D eigenvalue weighted by Crippen LogP contribution is -2.20. The van der Waals surface area contributed by atoms with E-state index in [-0.39, 0.29) is 17.4 Å². The minimum absolute atomic E-state index is 0.173. The number of hydrogen-bond acceptors (Lipinski definition) is 3. The molecule has 2 rings (SSSR count). The van der Waals surface area contributed by atoms with E-state index in [4.69, 9.17) is 10.2 Å². The second kappa shape index (κ2) is 5.95. The van der Waals surface area contributed by atoms with Crippen molar-refractivity contribution in [2.45, 2.75) is 13.5 Å². The lowest BCUT2D eigenvalue weighted by Gasteiger charge is -2.12. The number of nitrogens with zero attached hydrogens (tertiary/aromatic N) is 1. The molecule has 0 saturated heterocycles. The number of carbonyl (C=O) groups is 1. The Labute approximate surface area is 123 Å². The zero-order valence-electron chi connectivity index (χ0n) is 11.5. The van der Waals surface area contributed by atoms with Gasteiger partial charge in [0.2, 0.25) is 5.43 Å². The van der Waals surface area contributed by atoms with Gasteiger partial charge in [-0.25, -0.2) is 13.6 Å². The first kappa shape index (κ1) is 15.7. The Morgan fingerprint density at radius 2 is 2.09 bits per heavy atom. The van der Waals surface area contributed by atoms with E-state index in [1.54, 1.807) is 6.92 Å². The molecular weight excluding hydrogens is 296 g/mol. The van der Waals surface area contributed by atoms with Gasteiger partial charge in [-0.3, -0.25) is 4.79 Å². The lowest BCUT2D eigenvalue weighted by atomic mass is 10.1. The topological polar surface area (TPSA) is 79.5 Å². The molecule has 1 heterocycles. The average molecular weight is 307 g/mol. The molecule has 1 aromatic carbocycles. The highest BCUT2D eigenvalue weighted by Gasteiger charge is 2.20. The molecule has 0 radical (unpaired) electrons. The van der Waals surface area contributed by atoms with Crippen LogP contribution in [0.1, 0.15) is 22.8 Å². The number of aromatic nitrogens is 1. The number of aliphatic hydroxyl groups is 1. The third-order valence-corrected chi connectivity index (χ3v) is 3.12. The Morgan fingerprint density at radius 3 is 2.64 bits per heavy atom. The van der Waals surface area contributed by atoms with E-state index in [1.165, 1.54) is 4.57 Å². The molecule has 0 aliphatic carbocycles. The molecule has 0 fully saturated rings. The third-order valence-electron chi connectivity index (χ3n) is 3.12. The second-order valence-electron chi connectivity index (χ2n) is 4.37. The van der Waals surface area contributed by atoms with Crippen LogP contribution in [0.15, 0.2) is 17.1 Å². The number of fused-ring (bicyclic) bond motifs is 1. The van der Waals surface area contributed by atoms with Gasteiger partial charge in [0.25, 0.3) is 0 Å². The lowest BCUT2D eigenvalue weighted by molar-refractivity contribution is 0.0695. The number of carboxylic acids is 1. The van der Waals surface area contributed by atoms with Gasteiger partial charge in [-0.15, -0.1) is 0 Å². The van der Waals surface area contributed by atoms with Gasteiger partial charge in [0.05, 0.1) is 16.5 Å². The maximum Gasteiger partial charge on any atom is 0.341 e. The van der Waals surface area contributed by atoms with Crippen molar-refractivity contribution in [3.8, 4) is 11.8 Å². The van der Waals surface area contributed by atoms with Gasteiger partial charge in [0, 0.05) is 12.7 Å². The number of benzene rings is 1. The first-order valence-electron chi connectivity index (χ1n) is 6.30. The summed E-state index contributed by atoms with van der Waals surface area (Å²) in [5.74, 6) is 0.660. The minimum Gasteiger partial charge on any atom is -0.477 e. The molecule has 114 valence electrons. The summed E-state index contributed by atoms with van der Waals surface area (Å²) in [5.41, 5.74) is -2.33. The number of hydrogen-bond donors (Lipinski definition) is 2. The molecule has 0 aliphatic rings. The Bertz CT molecular complexity index is 891. The summed E-state index contributed by atoms with van der Waals surface area (Å²) >= 11 is 0. The quantitative estimate of drug-likeness (QED) is 0.821. The van der Waals surface area contributed by atoms with Gasteiger partial charge in [-0.2, -0.15) is 0 Å². The molecule has 0 amide bonds. The molecule has 7 heteroatoms. The molecule has 1 aromatic heterocycles. The van der Waals surface area contributed by atoms with Crippen LogP contribution in [0, 0.1) is 23.5 Å². The summed E-state index contributed by atoms with van der Waals surface area (Å²) in [6, 6.07) is 0.765. The normalized spacial score (nSPS) is 10.4. The van der Waals surface area contributed by atoms with E-state index in [0.29, 0.717) is 0 Å². The summed E-state index contributed by atoms with van der Waals surface area (Å²) in [7, 11) is 0. The van der Waals surface area contributed by atoms with Crippen molar-refractivity contribution in [2.75, 3.05) is 6.61 Å². The van der Waals surface area contributed by atoms with Crippen LogP contribution in [-0.4, -0.2) is 27.4 Å². The molecule has 2 aromatic rings. The molecule has 0 unspecified atom stereocenters. The van der Waals surface area contributed by atoms with Crippen LogP contribution in [0.25, 0.3) is 10.9 Å². The number of pyridine rings is 1. The molecule has 22 heavy (non-hydrogen) atoms. The number of carboxylic acid groups (broad SMARTS) is 1. The monoisotopic (exact) mass is 307 g/mol. The number of halogens is 2. The van der Waals surface area contributed by atoms with E-state index >= 15 is 0 Å². The van der Waals surface area contributed by atoms with Crippen LogP contribution in [0.5, 0.6) is 0 Å². The molecule has 0 atom stereocenters. The minimum atomic E-state index is -1.47. The highest BCUT2D eigenvalue weighted by Crippen LogP contribution is 2.22. The second-order valence-corrected chi connectivity index (χ2v) is 4.37. The summed E-state index contributed by atoms with van der Waals surface area (Å²) in [6.45, 7) is 1.22. The van der Waals surface area contributed by atoms with Crippen molar-refractivity contribution in [3.05, 3.63) is 45.2 Å². The number of aryl methyl sites for hydroxylation is 1. The van der Waals surface area contributed by atoms with Gasteiger partial charge in [-0.1, -0.05) is 11.8 Å². The van der Waals surface area contributed by atoms with Crippen LogP contribution in [0.2, 0.25) is 0 Å². The number of aromatic carboxylic acids is 1. The van der Waals surface area contributed by atoms with Gasteiger partial charge >= 0.3 is 5.97 Å². The number of rotatable bonds is 2. The highest BCUT2D eigenvalue weighted by atomic mass is 19.1. The SMILES string of the molecule is CCn1cc(C(=O)O)c(=O)c2cc(F)c(C#CCO)c(F)c21. The van der Waals surface area contributed by atoms with Crippen LogP contribution in [0.3, 0.4) is 0 Å². The first-order chi connectivity index (χ1) is 10.4. The standard InChI is InChI=1S/C15H11F2NO4/c1-2-18-7-10(15(21)22)14(20)9-6-11(16)8(4-3-5-19)12(17)13(9)18/h6-7,19H,2,5H2,1H3,(H,21,22). The van der Waals surface area contributed by atoms with E-state index < -0.39 is 40.8 Å². The molecular formula is C15H11F2NO4. The van der Waals surface area contributed by atoms with Crippen LogP contribution >= 0.6 is 0 Å². The summed E-state index contributed by atoms with van der Waals surface area (Å²) in [6.07, 6.45) is 1.01. The van der Waals surface area contributed by atoms with Crippen LogP contribution < -0.4 is 5.43 Å². The largest absolute Gasteiger partial charge is 0.477 e. The van der Waals surface area contributed by atoms with Crippen molar-refractivity contribution in [1.82, 2.24) is 4.57 Å². The van der Waals surface area contributed by atoms with E-state index in [2.05, 4.69) is 11.8 Å². The summed E-state index contributed by atoms with van der Waals surface area (Å²) in [4.78, 5) is 23.1. The Hall–Kier alpha value is -2.72. The Balaban J connectivity index is 3.00. The van der Waals surface area contributed by atoms with Gasteiger partial charge < -0.3 is 14.8 Å². The molecule has 5 nitrogen and oxygen atoms in total. The van der Waals surface area contributed by atoms with Crippen molar-refractivity contribution in [2.24, 2.45) is 0 Å². The van der Waals surface area contributed by atoms with Gasteiger partial charge in [0.1, 0.15) is 18.0 Å². The Kier molecular flexibility index (Phi) is 4.24. The fraction of sp³-hybridized carbons (Fsp3) is 0.200. The van der Waals surface area contributed by atoms with E-state index in [0.717, 1.165) is 12.3 Å². The summed E-state index contributed by atoms with van der Waals surface area (Å²) < 4.78 is 29.6. The van der Waals surface area contributed by atoms with Gasteiger partial charge in [-0.05, 0) is 13.0 Å². The van der Waals surface area contributed by atoms with Crippen molar-refractivity contribution in [3.63, 3.8) is 0 Å². The van der Waals surface area contributed by atoms with E-state index in [1.807, 2.05) is 0 Å². The average Bonchev–Trinajstić information content (AvgIpc) is 2.47. The molecule has 0 saturated carbocycles. The number of aliphatic hydroxyl groups excluding tert-OH is 1. The third kappa shape index (κ3) is 2.44. The molecule has 0 aliphatic heterocycles. The van der Waals surface area contributed by atoms with Crippen molar-refractivity contribution < 1.29 is 23.8 Å². The predicted molar refractivity (Wildman–Crippen MR) is 74.7 cm³/mol. The van der Waals surface area contributed by atoms with Crippen LogP contribution in [0.4, 0.5) is 8.78 Å². The maximum atomic E-state index is 14.5. The first-order valence-corrected chi connectivity index (χ1v) is 6.30. The predicted octanol–water partition coefficient (Wildman–Crippen LogP) is 1.34. The smallest absolute Gasteiger partial charge is 0.341 e. The zero-order valence-corrected chi connectivity index (χ0v) is 11.5. The fourth-order valence-electron chi connectivity index (χ4n) is 2.13. The van der Waals surface area contributed by atoms with Crippen molar-refractivity contribution >= 4 is 16.9 Å². The van der Waals surface area contributed by atoms with E-state index in [9.17, 15) is 18.4 Å². The zero-order chi connectivity index (χ0) is 16.4. The van der Waals surface area contributed by atoms with Gasteiger partial charge in [0.15, 0.2) is 5.82 Å². The van der Waals surface area contributed by atoms with Crippen LogP contribution in [-0.2, 0) is 6.54 Å². The maximum absolute atomic E-state index is 14.5. The Morgan fingerprint density at radius 1 is 1.41 bits per heavy atom. The fourth-order valence-corrected chi connectivity index (χ4v) is 2.13. The molecule has 2 N–H and O–H groups in total. The molecule has 0 bridgehead atoms. The highest BCUT2D eigenvalue weighted by molar-refractivity contribution is 5.93. The summed E-state index contributed by atoms with van der Waals surface area (Å²) in [5, 5.41) is 17.3. The van der Waals surface area contributed by atoms with Crippen molar-refractivity contribution in [1.29, 1.82) is 0 Å².